The van der Waals surface area contributed by atoms with Crippen LogP contribution in [0.4, 0.5) is 0 Å². The summed E-state index contributed by atoms with van der Waals surface area (Å²) in [5.41, 5.74) is 6.18. The van der Waals surface area contributed by atoms with Crippen LogP contribution in [0.1, 0.15) is 20.7 Å². The molecule has 5 heteroatoms. The van der Waals surface area contributed by atoms with E-state index in [1.165, 1.54) is 4.90 Å². The molecule has 0 unspecified atom stereocenters. The predicted octanol–water partition coefficient (Wildman–Crippen LogP) is 0.792. The van der Waals surface area contributed by atoms with Crippen LogP contribution in [0.15, 0.2) is 24.3 Å². The number of methoxy groups -OCH3 is 1. The van der Waals surface area contributed by atoms with Gasteiger partial charge in [-0.3, -0.25) is 9.59 Å². The maximum Gasteiger partial charge on any atom is 0.254 e. The minimum Gasteiger partial charge on any atom is -0.388 e. The normalized spacial score (nSPS) is 9.11. The van der Waals surface area contributed by atoms with Gasteiger partial charge in [0.15, 0.2) is 6.29 Å². The number of benzene rings is 1. The monoisotopic (exact) mass is 252 g/mol. The zero-order valence-corrected chi connectivity index (χ0v) is 11.1. The van der Waals surface area contributed by atoms with E-state index in [0.717, 1.165) is 0 Å². The third-order valence-electron chi connectivity index (χ3n) is 2.13. The Bertz CT molecular complexity index is 380. The van der Waals surface area contributed by atoms with Crippen LogP contribution in [0.2, 0.25) is 0 Å². The van der Waals surface area contributed by atoms with Gasteiger partial charge in [-0.1, -0.05) is 18.2 Å². The summed E-state index contributed by atoms with van der Waals surface area (Å²) in [4.78, 5) is 24.0. The van der Waals surface area contributed by atoms with Crippen molar-refractivity contribution in [3.05, 3.63) is 35.4 Å². The van der Waals surface area contributed by atoms with Crippen molar-refractivity contribution in [2.75, 3.05) is 34.4 Å². The molecule has 0 aromatic heterocycles. The summed E-state index contributed by atoms with van der Waals surface area (Å²) in [5, 5.41) is 0. The molecule has 1 aromatic carbocycles. The van der Waals surface area contributed by atoms with E-state index >= 15 is 0 Å². The molecule has 0 saturated carbocycles. The fourth-order valence-electron chi connectivity index (χ4n) is 1.30. The molecule has 0 heterocycles. The first-order chi connectivity index (χ1) is 8.62. The smallest absolute Gasteiger partial charge is 0.254 e. The van der Waals surface area contributed by atoms with Gasteiger partial charge in [0.05, 0.1) is 5.56 Å². The van der Waals surface area contributed by atoms with Crippen LogP contribution < -0.4 is 5.73 Å². The summed E-state index contributed by atoms with van der Waals surface area (Å²) in [6, 6.07) is 6.72. The lowest BCUT2D eigenvalue weighted by atomic mass is 10.1. The first kappa shape index (κ1) is 16.3. The lowest BCUT2D eigenvalue weighted by molar-refractivity contribution is 0.0796. The standard InChI is InChI=1S/C11H14N2O2.C2H6O/c1-13(7-6-12)11(15)10-5-3-2-4-9(10)8-14;1-3-2/h2-5,8H,6-7,12H2,1H3;1-2H3. The lowest BCUT2D eigenvalue weighted by Crippen LogP contribution is -2.32. The Morgan fingerprint density at radius 3 is 2.44 bits per heavy atom. The molecule has 18 heavy (non-hydrogen) atoms. The van der Waals surface area contributed by atoms with Crippen molar-refractivity contribution in [3.8, 4) is 0 Å². The number of nitrogens with two attached hydrogens (primary N) is 1. The van der Waals surface area contributed by atoms with Crippen LogP contribution in [0.25, 0.3) is 0 Å². The van der Waals surface area contributed by atoms with E-state index in [4.69, 9.17) is 5.73 Å². The lowest BCUT2D eigenvalue weighted by Gasteiger charge is -2.16. The first-order valence-electron chi connectivity index (χ1n) is 5.52. The second kappa shape index (κ2) is 9.32. The van der Waals surface area contributed by atoms with E-state index in [1.807, 2.05) is 0 Å². The molecule has 1 amide bonds. The molecule has 0 bridgehead atoms. The largest absolute Gasteiger partial charge is 0.388 e. The van der Waals surface area contributed by atoms with E-state index in [9.17, 15) is 9.59 Å². The first-order valence-corrected chi connectivity index (χ1v) is 5.52. The average Bonchev–Trinajstić information content (AvgIpc) is 2.39. The topological polar surface area (TPSA) is 72.6 Å². The highest BCUT2D eigenvalue weighted by molar-refractivity contribution is 6.01. The maximum absolute atomic E-state index is 11.8. The molecule has 1 aromatic rings. The summed E-state index contributed by atoms with van der Waals surface area (Å²) in [6.07, 6.45) is 0.684. The molecule has 0 atom stereocenters. The van der Waals surface area contributed by atoms with Crippen molar-refractivity contribution >= 4 is 12.2 Å². The molecule has 0 saturated heterocycles. The molecule has 0 fully saturated rings. The van der Waals surface area contributed by atoms with Gasteiger partial charge >= 0.3 is 0 Å². The molecule has 0 aliphatic carbocycles. The van der Waals surface area contributed by atoms with Crippen molar-refractivity contribution in [2.45, 2.75) is 0 Å². The van der Waals surface area contributed by atoms with Crippen LogP contribution in [0, 0.1) is 0 Å². The van der Waals surface area contributed by atoms with Crippen molar-refractivity contribution in [1.82, 2.24) is 4.90 Å². The number of likely N-dealkylation sites (N-methyl/N-ethyl adjacent to an activating group) is 1. The fourth-order valence-corrected chi connectivity index (χ4v) is 1.30. The Balaban J connectivity index is 0.000000873. The van der Waals surface area contributed by atoms with Crippen LogP contribution in [0.3, 0.4) is 0 Å². The van der Waals surface area contributed by atoms with E-state index in [-0.39, 0.29) is 5.91 Å². The van der Waals surface area contributed by atoms with Gasteiger partial charge in [-0.05, 0) is 6.07 Å². The molecule has 2 N–H and O–H groups in total. The molecule has 0 spiro atoms. The van der Waals surface area contributed by atoms with E-state index in [2.05, 4.69) is 4.74 Å². The van der Waals surface area contributed by atoms with Gasteiger partial charge < -0.3 is 15.4 Å². The Kier molecular flexibility index (Phi) is 8.43. The van der Waals surface area contributed by atoms with Gasteiger partial charge in [-0.15, -0.1) is 0 Å². The number of aldehydes is 1. The van der Waals surface area contributed by atoms with Crippen LogP contribution in [-0.2, 0) is 4.74 Å². The van der Waals surface area contributed by atoms with Crippen molar-refractivity contribution in [1.29, 1.82) is 0 Å². The van der Waals surface area contributed by atoms with Crippen molar-refractivity contribution < 1.29 is 14.3 Å². The number of amides is 1. The number of rotatable bonds is 4. The summed E-state index contributed by atoms with van der Waals surface area (Å²) < 4.78 is 4.25. The Morgan fingerprint density at radius 2 is 1.94 bits per heavy atom. The zero-order valence-electron chi connectivity index (χ0n) is 11.1. The maximum atomic E-state index is 11.8. The van der Waals surface area contributed by atoms with E-state index < -0.39 is 0 Å². The second-order valence-electron chi connectivity index (χ2n) is 3.63. The molecule has 0 radical (unpaired) electrons. The third-order valence-corrected chi connectivity index (χ3v) is 2.13. The van der Waals surface area contributed by atoms with Crippen molar-refractivity contribution in [2.24, 2.45) is 5.73 Å². The molecule has 0 aliphatic heterocycles. The second-order valence-corrected chi connectivity index (χ2v) is 3.63. The molecular weight excluding hydrogens is 232 g/mol. The van der Waals surface area contributed by atoms with E-state index in [0.29, 0.717) is 30.5 Å². The highest BCUT2D eigenvalue weighted by atomic mass is 16.4. The Morgan fingerprint density at radius 1 is 1.39 bits per heavy atom. The Hall–Kier alpha value is -1.72. The zero-order chi connectivity index (χ0) is 14.0. The average molecular weight is 252 g/mol. The van der Waals surface area contributed by atoms with Gasteiger partial charge in [0, 0.05) is 39.9 Å². The van der Waals surface area contributed by atoms with Crippen LogP contribution in [-0.4, -0.2) is 51.5 Å². The summed E-state index contributed by atoms with van der Waals surface area (Å²) >= 11 is 0. The van der Waals surface area contributed by atoms with Gasteiger partial charge in [-0.25, -0.2) is 0 Å². The fraction of sp³-hybridized carbons (Fsp3) is 0.385. The summed E-state index contributed by atoms with van der Waals surface area (Å²) in [5.74, 6) is -0.178. The number of carbonyl (C=O) groups excluding carboxylic acids is 2. The summed E-state index contributed by atoms with van der Waals surface area (Å²) in [7, 11) is 4.91. The van der Waals surface area contributed by atoms with Gasteiger partial charge in [0.2, 0.25) is 0 Å². The molecule has 100 valence electrons. The number of carbonyl (C=O) groups is 2. The molecule has 5 nitrogen and oxygen atoms in total. The van der Waals surface area contributed by atoms with E-state index in [1.54, 1.807) is 45.5 Å². The quantitative estimate of drug-likeness (QED) is 0.804. The third kappa shape index (κ3) is 5.07. The number of hydrogen-bond acceptors (Lipinski definition) is 4. The van der Waals surface area contributed by atoms with Gasteiger partial charge in [-0.2, -0.15) is 0 Å². The highest BCUT2D eigenvalue weighted by Gasteiger charge is 2.13. The minimum atomic E-state index is -0.178. The van der Waals surface area contributed by atoms with Gasteiger partial charge in [0.1, 0.15) is 0 Å². The number of ether oxygens (including phenoxy) is 1. The number of hydrogen-bond donors (Lipinski definition) is 1. The SMILES string of the molecule is CN(CCN)C(=O)c1ccccc1C=O.COC. The minimum absolute atomic E-state index is 0.178. The Labute approximate surface area is 108 Å². The van der Waals surface area contributed by atoms with Crippen LogP contribution >= 0.6 is 0 Å². The number of nitrogens with zero attached hydrogens (tertiary/aromatic N) is 1. The molecular formula is C13H20N2O3. The van der Waals surface area contributed by atoms with Crippen LogP contribution in [0.5, 0.6) is 0 Å². The molecule has 1 rings (SSSR count). The predicted molar refractivity (Wildman–Crippen MR) is 70.8 cm³/mol. The van der Waals surface area contributed by atoms with Crippen molar-refractivity contribution in [3.63, 3.8) is 0 Å². The van der Waals surface area contributed by atoms with Gasteiger partial charge in [0.25, 0.3) is 5.91 Å². The molecule has 0 aliphatic rings. The summed E-state index contributed by atoms with van der Waals surface area (Å²) in [6.45, 7) is 0.886. The highest BCUT2D eigenvalue weighted by Crippen LogP contribution is 2.08.